The first kappa shape index (κ1) is 6.84. The van der Waals surface area contributed by atoms with Crippen LogP contribution in [0.25, 0.3) is 12.2 Å². The monoisotopic (exact) mass is 161 g/mol. The Morgan fingerprint density at radius 3 is 3.00 bits per heavy atom. The Balaban J connectivity index is 2.14. The van der Waals surface area contributed by atoms with Gasteiger partial charge in [0.05, 0.1) is 24.4 Å². The number of imidazole rings is 1. The van der Waals surface area contributed by atoms with Crippen LogP contribution >= 0.6 is 0 Å². The van der Waals surface area contributed by atoms with E-state index in [9.17, 15) is 0 Å². The van der Waals surface area contributed by atoms with Gasteiger partial charge in [0, 0.05) is 5.56 Å². The Morgan fingerprint density at radius 1 is 1.33 bits per heavy atom. The Kier molecular flexibility index (Phi) is 1.74. The van der Waals surface area contributed by atoms with Crippen molar-refractivity contribution < 1.29 is 4.52 Å². The second-order valence-corrected chi connectivity index (χ2v) is 2.30. The van der Waals surface area contributed by atoms with Crippen LogP contribution in [-0.4, -0.2) is 15.1 Å². The van der Waals surface area contributed by atoms with Gasteiger partial charge in [-0.3, -0.25) is 0 Å². The van der Waals surface area contributed by atoms with E-state index >= 15 is 0 Å². The van der Waals surface area contributed by atoms with Gasteiger partial charge in [-0.2, -0.15) is 0 Å². The summed E-state index contributed by atoms with van der Waals surface area (Å²) in [6.07, 6.45) is 10.4. The molecule has 0 radical (unpaired) electrons. The molecule has 4 heteroatoms. The van der Waals surface area contributed by atoms with E-state index in [0.717, 1.165) is 11.3 Å². The van der Waals surface area contributed by atoms with Gasteiger partial charge in [-0.1, -0.05) is 5.16 Å². The lowest BCUT2D eigenvalue weighted by Crippen LogP contribution is -1.66. The van der Waals surface area contributed by atoms with Crippen molar-refractivity contribution in [3.8, 4) is 0 Å². The molecule has 0 spiro atoms. The molecule has 0 unspecified atom stereocenters. The summed E-state index contributed by atoms with van der Waals surface area (Å²) in [6.45, 7) is 0. The fourth-order valence-electron chi connectivity index (χ4n) is 0.839. The standard InChI is InChI=1S/C8H7N3O/c1(7-3-11-12-5-7)2-8-4-9-6-10-8/h1-6H,(H,9,10). The molecule has 0 amide bonds. The zero-order valence-corrected chi connectivity index (χ0v) is 6.27. The highest BCUT2D eigenvalue weighted by molar-refractivity contribution is 5.66. The molecule has 2 heterocycles. The lowest BCUT2D eigenvalue weighted by atomic mass is 10.3. The zero-order chi connectivity index (χ0) is 8.23. The summed E-state index contributed by atoms with van der Waals surface area (Å²) in [5.41, 5.74) is 1.89. The minimum Gasteiger partial charge on any atom is -0.364 e. The number of aromatic amines is 1. The first-order valence-corrected chi connectivity index (χ1v) is 3.51. The summed E-state index contributed by atoms with van der Waals surface area (Å²) in [4.78, 5) is 6.83. The molecule has 60 valence electrons. The fraction of sp³-hybridized carbons (Fsp3) is 0. The smallest absolute Gasteiger partial charge is 0.131 e. The van der Waals surface area contributed by atoms with Gasteiger partial charge in [-0.25, -0.2) is 4.98 Å². The number of hydrogen-bond donors (Lipinski definition) is 1. The summed E-state index contributed by atoms with van der Waals surface area (Å²) >= 11 is 0. The van der Waals surface area contributed by atoms with Crippen molar-refractivity contribution in [2.24, 2.45) is 0 Å². The molecule has 0 fully saturated rings. The third-order valence-electron chi connectivity index (χ3n) is 1.43. The second-order valence-electron chi connectivity index (χ2n) is 2.30. The van der Waals surface area contributed by atoms with E-state index < -0.39 is 0 Å². The van der Waals surface area contributed by atoms with Gasteiger partial charge in [0.25, 0.3) is 0 Å². The molecule has 0 saturated heterocycles. The molecule has 0 aromatic carbocycles. The minimum absolute atomic E-state index is 0.935. The van der Waals surface area contributed by atoms with Crippen LogP contribution in [0.4, 0.5) is 0 Å². The van der Waals surface area contributed by atoms with Gasteiger partial charge in [0.15, 0.2) is 0 Å². The molecular formula is C8H7N3O. The maximum Gasteiger partial charge on any atom is 0.131 e. The van der Waals surface area contributed by atoms with Gasteiger partial charge in [0.2, 0.25) is 0 Å². The van der Waals surface area contributed by atoms with E-state index in [0.29, 0.717) is 0 Å². The largest absolute Gasteiger partial charge is 0.364 e. The van der Waals surface area contributed by atoms with Gasteiger partial charge in [0.1, 0.15) is 6.26 Å². The Morgan fingerprint density at radius 2 is 2.33 bits per heavy atom. The Hall–Kier alpha value is -1.84. The SMILES string of the molecule is C(=Cc1cnc[nH]1)c1cnoc1. The summed E-state index contributed by atoms with van der Waals surface area (Å²) in [5, 5.41) is 3.57. The molecule has 0 saturated carbocycles. The van der Waals surface area contributed by atoms with Crippen LogP contribution in [0.5, 0.6) is 0 Å². The molecule has 0 aliphatic rings. The van der Waals surface area contributed by atoms with E-state index in [1.807, 2.05) is 12.2 Å². The van der Waals surface area contributed by atoms with E-state index in [4.69, 9.17) is 0 Å². The van der Waals surface area contributed by atoms with Crippen LogP contribution in [0, 0.1) is 0 Å². The summed E-state index contributed by atoms with van der Waals surface area (Å²) < 4.78 is 4.66. The average molecular weight is 161 g/mol. The van der Waals surface area contributed by atoms with E-state index in [1.54, 1.807) is 25.0 Å². The van der Waals surface area contributed by atoms with Crippen LogP contribution in [0.2, 0.25) is 0 Å². The van der Waals surface area contributed by atoms with Crippen molar-refractivity contribution >= 4 is 12.2 Å². The third-order valence-corrected chi connectivity index (χ3v) is 1.43. The molecule has 0 aliphatic heterocycles. The van der Waals surface area contributed by atoms with Crippen molar-refractivity contribution in [3.63, 3.8) is 0 Å². The number of hydrogen-bond acceptors (Lipinski definition) is 3. The van der Waals surface area contributed by atoms with Crippen molar-refractivity contribution in [1.29, 1.82) is 0 Å². The predicted molar refractivity (Wildman–Crippen MR) is 44.0 cm³/mol. The minimum atomic E-state index is 0.935. The van der Waals surface area contributed by atoms with E-state index in [2.05, 4.69) is 19.6 Å². The molecule has 2 aromatic rings. The van der Waals surface area contributed by atoms with Gasteiger partial charge in [-0.05, 0) is 12.2 Å². The van der Waals surface area contributed by atoms with Gasteiger partial charge >= 0.3 is 0 Å². The Bertz CT molecular complexity index is 311. The third kappa shape index (κ3) is 1.42. The maximum absolute atomic E-state index is 4.66. The van der Waals surface area contributed by atoms with Crippen molar-refractivity contribution in [2.75, 3.05) is 0 Å². The predicted octanol–water partition coefficient (Wildman–Crippen LogP) is 1.57. The maximum atomic E-state index is 4.66. The number of H-pyrrole nitrogens is 1. The molecule has 0 bridgehead atoms. The number of aromatic nitrogens is 3. The topological polar surface area (TPSA) is 54.7 Å². The highest BCUT2D eigenvalue weighted by Crippen LogP contribution is 2.03. The average Bonchev–Trinajstić information content (AvgIpc) is 2.74. The summed E-state index contributed by atoms with van der Waals surface area (Å²) in [5.74, 6) is 0. The first-order chi connectivity index (χ1) is 5.95. The highest BCUT2D eigenvalue weighted by atomic mass is 16.5. The number of rotatable bonds is 2. The zero-order valence-electron chi connectivity index (χ0n) is 6.27. The Labute approximate surface area is 68.9 Å². The molecular weight excluding hydrogens is 154 g/mol. The van der Waals surface area contributed by atoms with Crippen LogP contribution in [0.3, 0.4) is 0 Å². The van der Waals surface area contributed by atoms with Crippen molar-refractivity contribution in [3.05, 3.63) is 36.2 Å². The van der Waals surface area contributed by atoms with E-state index in [1.165, 1.54) is 0 Å². The molecule has 12 heavy (non-hydrogen) atoms. The van der Waals surface area contributed by atoms with Gasteiger partial charge in [-0.15, -0.1) is 0 Å². The van der Waals surface area contributed by atoms with Crippen molar-refractivity contribution in [2.45, 2.75) is 0 Å². The number of nitrogens with zero attached hydrogens (tertiary/aromatic N) is 2. The molecule has 1 N–H and O–H groups in total. The molecule has 2 aromatic heterocycles. The first-order valence-electron chi connectivity index (χ1n) is 3.51. The van der Waals surface area contributed by atoms with Crippen LogP contribution in [-0.2, 0) is 0 Å². The molecule has 4 nitrogen and oxygen atoms in total. The van der Waals surface area contributed by atoms with Gasteiger partial charge < -0.3 is 9.51 Å². The lowest BCUT2D eigenvalue weighted by molar-refractivity contribution is 0.419. The molecule has 0 atom stereocenters. The van der Waals surface area contributed by atoms with Crippen LogP contribution in [0.1, 0.15) is 11.3 Å². The highest BCUT2D eigenvalue weighted by Gasteiger charge is 1.89. The van der Waals surface area contributed by atoms with Crippen molar-refractivity contribution in [1.82, 2.24) is 15.1 Å². The number of nitrogens with one attached hydrogen (secondary N) is 1. The quantitative estimate of drug-likeness (QED) is 0.727. The van der Waals surface area contributed by atoms with E-state index in [-0.39, 0.29) is 0 Å². The van der Waals surface area contributed by atoms with Crippen LogP contribution < -0.4 is 0 Å². The molecule has 2 rings (SSSR count). The fourth-order valence-corrected chi connectivity index (χ4v) is 0.839. The summed E-state index contributed by atoms with van der Waals surface area (Å²) in [6, 6.07) is 0. The lowest BCUT2D eigenvalue weighted by Gasteiger charge is -1.80. The second kappa shape index (κ2) is 3.04. The summed E-state index contributed by atoms with van der Waals surface area (Å²) in [7, 11) is 0. The molecule has 0 aliphatic carbocycles. The van der Waals surface area contributed by atoms with Crippen LogP contribution in [0.15, 0.2) is 29.5 Å². The normalized spacial score (nSPS) is 11.0.